The summed E-state index contributed by atoms with van der Waals surface area (Å²) in [5.74, 6) is -1.85. The Labute approximate surface area is 176 Å². The van der Waals surface area contributed by atoms with Crippen LogP contribution < -0.4 is 5.56 Å². The van der Waals surface area contributed by atoms with Gasteiger partial charge in [0.1, 0.15) is 23.9 Å². The first-order chi connectivity index (χ1) is 14.9. The molecule has 0 amide bonds. The van der Waals surface area contributed by atoms with Crippen LogP contribution in [-0.4, -0.2) is 20.6 Å². The number of carboxylic acids is 1. The lowest BCUT2D eigenvalue weighted by Gasteiger charge is -2.12. The van der Waals surface area contributed by atoms with Crippen molar-refractivity contribution in [1.82, 2.24) is 9.55 Å². The van der Waals surface area contributed by atoms with E-state index in [-0.39, 0.29) is 23.7 Å². The van der Waals surface area contributed by atoms with Crippen LogP contribution >= 0.6 is 0 Å². The molecular formula is C24H18F2N2O3. The maximum Gasteiger partial charge on any atom is 0.323 e. The Balaban J connectivity index is 1.77. The van der Waals surface area contributed by atoms with Crippen molar-refractivity contribution < 1.29 is 18.7 Å². The highest BCUT2D eigenvalue weighted by Crippen LogP contribution is 2.18. The lowest BCUT2D eigenvalue weighted by molar-refractivity contribution is -0.137. The highest BCUT2D eigenvalue weighted by molar-refractivity contribution is 5.78. The van der Waals surface area contributed by atoms with Crippen LogP contribution in [0.15, 0.2) is 71.5 Å². The zero-order valence-electron chi connectivity index (χ0n) is 16.4. The van der Waals surface area contributed by atoms with Gasteiger partial charge in [-0.2, -0.15) is 0 Å². The van der Waals surface area contributed by atoms with Gasteiger partial charge in [0.15, 0.2) is 0 Å². The number of fused-ring (bicyclic) bond motifs is 1. The molecule has 0 saturated heterocycles. The van der Waals surface area contributed by atoms with Crippen LogP contribution in [0.25, 0.3) is 11.0 Å². The van der Waals surface area contributed by atoms with E-state index in [2.05, 4.69) is 4.98 Å². The first-order valence-electron chi connectivity index (χ1n) is 9.62. The normalized spacial score (nSPS) is 11.0. The summed E-state index contributed by atoms with van der Waals surface area (Å²) >= 11 is 0. The maximum absolute atomic E-state index is 13.2. The van der Waals surface area contributed by atoms with Gasteiger partial charge in [0.2, 0.25) is 0 Å². The van der Waals surface area contributed by atoms with E-state index in [1.54, 1.807) is 36.4 Å². The summed E-state index contributed by atoms with van der Waals surface area (Å²) in [5, 5.41) is 9.34. The number of benzene rings is 3. The fourth-order valence-electron chi connectivity index (χ4n) is 3.49. The van der Waals surface area contributed by atoms with E-state index in [1.807, 2.05) is 6.07 Å². The van der Waals surface area contributed by atoms with Crippen LogP contribution in [0.5, 0.6) is 0 Å². The second-order valence-corrected chi connectivity index (χ2v) is 7.27. The zero-order chi connectivity index (χ0) is 22.0. The number of carboxylic acid groups (broad SMARTS) is 1. The van der Waals surface area contributed by atoms with Gasteiger partial charge in [0, 0.05) is 6.42 Å². The third-order valence-corrected chi connectivity index (χ3v) is 4.98. The molecule has 4 rings (SSSR count). The van der Waals surface area contributed by atoms with Crippen molar-refractivity contribution in [2.75, 3.05) is 0 Å². The number of hydrogen-bond donors (Lipinski definition) is 1. The summed E-state index contributed by atoms with van der Waals surface area (Å²) in [7, 11) is 0. The molecule has 0 unspecified atom stereocenters. The Kier molecular flexibility index (Phi) is 5.58. The topological polar surface area (TPSA) is 72.2 Å². The summed E-state index contributed by atoms with van der Waals surface area (Å²) in [6.07, 6.45) is 0.654. The van der Waals surface area contributed by atoms with Crippen LogP contribution in [-0.2, 0) is 24.2 Å². The van der Waals surface area contributed by atoms with Crippen molar-refractivity contribution in [2.24, 2.45) is 0 Å². The molecule has 3 aromatic carbocycles. The van der Waals surface area contributed by atoms with Gasteiger partial charge in [-0.05, 0) is 59.5 Å². The molecule has 1 N–H and O–H groups in total. The average Bonchev–Trinajstić information content (AvgIpc) is 2.74. The minimum atomic E-state index is -1.15. The highest BCUT2D eigenvalue weighted by Gasteiger charge is 2.15. The molecule has 0 bridgehead atoms. The number of carbonyl (C=O) groups is 1. The summed E-state index contributed by atoms with van der Waals surface area (Å²) in [5.41, 5.74) is 3.00. The third kappa shape index (κ3) is 4.66. The molecule has 5 nitrogen and oxygen atoms in total. The first kappa shape index (κ1) is 20.4. The molecule has 0 saturated carbocycles. The van der Waals surface area contributed by atoms with E-state index in [0.717, 1.165) is 11.1 Å². The SMILES string of the molecule is O=C(O)Cn1c(=O)c(Cc2ccc(F)cc2)nc2ccc(Cc3ccc(F)cc3)cc21. The second kappa shape index (κ2) is 8.47. The van der Waals surface area contributed by atoms with Crippen molar-refractivity contribution in [3.05, 3.63) is 111 Å². The molecule has 7 heteroatoms. The largest absolute Gasteiger partial charge is 0.480 e. The molecular weight excluding hydrogens is 402 g/mol. The van der Waals surface area contributed by atoms with Crippen LogP contribution in [0.3, 0.4) is 0 Å². The molecule has 156 valence electrons. The summed E-state index contributed by atoms with van der Waals surface area (Å²) in [4.78, 5) is 28.9. The molecule has 0 aliphatic rings. The standard InChI is InChI=1S/C24H18F2N2O3/c25-18-6-1-15(2-7-18)11-17-5-10-20-22(13-17)28(14-23(29)30)24(31)21(27-20)12-16-3-8-19(26)9-4-16/h1-10,13H,11-12,14H2,(H,29,30). The number of rotatable bonds is 6. The zero-order valence-corrected chi connectivity index (χ0v) is 16.4. The molecule has 0 atom stereocenters. The predicted octanol–water partition coefficient (Wildman–Crippen LogP) is 3.94. The summed E-state index contributed by atoms with van der Waals surface area (Å²) in [6.45, 7) is -0.506. The fourth-order valence-corrected chi connectivity index (χ4v) is 3.49. The van der Waals surface area contributed by atoms with E-state index in [9.17, 15) is 23.5 Å². The first-order valence-corrected chi connectivity index (χ1v) is 9.62. The van der Waals surface area contributed by atoms with Crippen molar-refractivity contribution in [1.29, 1.82) is 0 Å². The molecule has 0 radical (unpaired) electrons. The number of nitrogens with zero attached hydrogens (tertiary/aromatic N) is 2. The predicted molar refractivity (Wildman–Crippen MR) is 112 cm³/mol. The Morgan fingerprint density at radius 3 is 1.97 bits per heavy atom. The van der Waals surface area contributed by atoms with Crippen molar-refractivity contribution in [3.8, 4) is 0 Å². The molecule has 31 heavy (non-hydrogen) atoms. The van der Waals surface area contributed by atoms with E-state index in [0.29, 0.717) is 23.0 Å². The van der Waals surface area contributed by atoms with E-state index < -0.39 is 18.1 Å². The molecule has 0 aliphatic carbocycles. The lowest BCUT2D eigenvalue weighted by Crippen LogP contribution is -2.29. The van der Waals surface area contributed by atoms with E-state index in [1.165, 1.54) is 28.8 Å². The monoisotopic (exact) mass is 420 g/mol. The lowest BCUT2D eigenvalue weighted by atomic mass is 10.0. The molecule has 1 aromatic heterocycles. The Hall–Kier alpha value is -3.87. The van der Waals surface area contributed by atoms with Gasteiger partial charge in [-0.15, -0.1) is 0 Å². The van der Waals surface area contributed by atoms with Gasteiger partial charge >= 0.3 is 5.97 Å². The molecule has 0 aliphatic heterocycles. The fraction of sp³-hybridized carbons (Fsp3) is 0.125. The number of hydrogen-bond acceptors (Lipinski definition) is 3. The quantitative estimate of drug-likeness (QED) is 0.513. The smallest absolute Gasteiger partial charge is 0.323 e. The molecule has 0 fully saturated rings. The Morgan fingerprint density at radius 2 is 1.39 bits per heavy atom. The van der Waals surface area contributed by atoms with Gasteiger partial charge in [-0.1, -0.05) is 30.3 Å². The highest BCUT2D eigenvalue weighted by atomic mass is 19.1. The van der Waals surface area contributed by atoms with E-state index in [4.69, 9.17) is 0 Å². The van der Waals surface area contributed by atoms with Gasteiger partial charge < -0.3 is 5.11 Å². The van der Waals surface area contributed by atoms with Crippen molar-refractivity contribution >= 4 is 17.0 Å². The molecule has 0 spiro atoms. The number of halogens is 2. The van der Waals surface area contributed by atoms with Gasteiger partial charge in [0.05, 0.1) is 11.0 Å². The summed E-state index contributed by atoms with van der Waals surface area (Å²) < 4.78 is 27.5. The van der Waals surface area contributed by atoms with Gasteiger partial charge in [0.25, 0.3) is 5.56 Å². The Bertz CT molecular complexity index is 1310. The van der Waals surface area contributed by atoms with Crippen LogP contribution in [0, 0.1) is 11.6 Å². The van der Waals surface area contributed by atoms with Crippen molar-refractivity contribution in [2.45, 2.75) is 19.4 Å². The minimum absolute atomic E-state index is 0.159. The molecule has 1 heterocycles. The second-order valence-electron chi connectivity index (χ2n) is 7.27. The van der Waals surface area contributed by atoms with E-state index >= 15 is 0 Å². The average molecular weight is 420 g/mol. The van der Waals surface area contributed by atoms with Crippen molar-refractivity contribution in [3.63, 3.8) is 0 Å². The minimum Gasteiger partial charge on any atom is -0.480 e. The van der Waals surface area contributed by atoms with Crippen LogP contribution in [0.2, 0.25) is 0 Å². The van der Waals surface area contributed by atoms with Gasteiger partial charge in [-0.25, -0.2) is 13.8 Å². The number of aromatic nitrogens is 2. The van der Waals surface area contributed by atoms with Gasteiger partial charge in [-0.3, -0.25) is 14.2 Å². The maximum atomic E-state index is 13.2. The van der Waals surface area contributed by atoms with Crippen LogP contribution in [0.4, 0.5) is 8.78 Å². The molecule has 4 aromatic rings. The third-order valence-electron chi connectivity index (χ3n) is 4.98. The van der Waals surface area contributed by atoms with Crippen LogP contribution in [0.1, 0.15) is 22.4 Å². The summed E-state index contributed by atoms with van der Waals surface area (Å²) in [6, 6.07) is 17.1. The number of aliphatic carboxylic acids is 1. The Morgan fingerprint density at radius 1 is 0.839 bits per heavy atom.